The second-order valence-corrected chi connectivity index (χ2v) is 8.61. The molecule has 1 atom stereocenters. The smallest absolute Gasteiger partial charge is 0.305 e. The Morgan fingerprint density at radius 3 is 2.39 bits per heavy atom. The highest BCUT2D eigenvalue weighted by molar-refractivity contribution is 6.01. The molecule has 0 saturated heterocycles. The molecule has 0 spiro atoms. The van der Waals surface area contributed by atoms with Crippen LogP contribution in [-0.4, -0.2) is 41.4 Å². The van der Waals surface area contributed by atoms with Crippen LogP contribution in [0.2, 0.25) is 0 Å². The Morgan fingerprint density at radius 1 is 1.21 bits per heavy atom. The molecule has 2 amide bonds. The van der Waals surface area contributed by atoms with Crippen molar-refractivity contribution in [1.82, 2.24) is 4.90 Å². The highest BCUT2D eigenvalue weighted by Gasteiger charge is 2.40. The first kappa shape index (κ1) is 21.7. The van der Waals surface area contributed by atoms with Crippen LogP contribution in [0.3, 0.4) is 0 Å². The van der Waals surface area contributed by atoms with Crippen LogP contribution in [0.1, 0.15) is 63.4 Å². The zero-order chi connectivity index (χ0) is 21.3. The molecule has 1 aliphatic rings. The van der Waals surface area contributed by atoms with Crippen LogP contribution < -0.4 is 10.5 Å². The summed E-state index contributed by atoms with van der Waals surface area (Å²) >= 11 is 0. The lowest BCUT2D eigenvalue weighted by Gasteiger charge is -2.39. The van der Waals surface area contributed by atoms with Crippen molar-refractivity contribution in [2.45, 2.75) is 65.6 Å². The minimum Gasteiger partial charge on any atom is -0.487 e. The predicted octanol–water partition coefficient (Wildman–Crippen LogP) is 2.65. The van der Waals surface area contributed by atoms with Gasteiger partial charge >= 0.3 is 5.97 Å². The maximum Gasteiger partial charge on any atom is 0.305 e. The first-order chi connectivity index (χ1) is 12.9. The normalized spacial score (nSPS) is 15.2. The maximum absolute atomic E-state index is 12.9. The number of hydrogen-bond acceptors (Lipinski definition) is 5. The van der Waals surface area contributed by atoms with E-state index in [0.29, 0.717) is 11.3 Å². The van der Waals surface area contributed by atoms with E-state index >= 15 is 0 Å². The number of primary amides is 1. The fourth-order valence-corrected chi connectivity index (χ4v) is 2.91. The number of esters is 1. The van der Waals surface area contributed by atoms with Crippen molar-refractivity contribution >= 4 is 17.8 Å². The Labute approximate surface area is 166 Å². The molecule has 7 nitrogen and oxygen atoms in total. The predicted molar refractivity (Wildman–Crippen MR) is 105 cm³/mol. The van der Waals surface area contributed by atoms with Gasteiger partial charge in [-0.25, -0.2) is 0 Å². The molecule has 1 aromatic rings. The lowest BCUT2D eigenvalue weighted by Crippen LogP contribution is -2.45. The summed E-state index contributed by atoms with van der Waals surface area (Å²) in [7, 11) is 1.28. The fraction of sp³-hybridized carbons (Fsp3) is 0.571. The van der Waals surface area contributed by atoms with Crippen LogP contribution in [-0.2, 0) is 20.9 Å². The molecule has 1 aliphatic heterocycles. The van der Waals surface area contributed by atoms with Gasteiger partial charge in [-0.3, -0.25) is 14.4 Å². The van der Waals surface area contributed by atoms with Crippen LogP contribution in [0.15, 0.2) is 18.2 Å². The van der Waals surface area contributed by atoms with E-state index in [9.17, 15) is 14.4 Å². The molecule has 7 heteroatoms. The van der Waals surface area contributed by atoms with E-state index in [2.05, 4.69) is 25.5 Å². The van der Waals surface area contributed by atoms with Gasteiger partial charge < -0.3 is 20.1 Å². The number of nitrogens with two attached hydrogens (primary N) is 1. The molecule has 2 N–H and O–H groups in total. The number of carbonyl (C=O) groups excluding carboxylic acids is 3. The molecule has 1 heterocycles. The zero-order valence-electron chi connectivity index (χ0n) is 17.5. The van der Waals surface area contributed by atoms with Gasteiger partial charge in [0.05, 0.1) is 13.7 Å². The molecular weight excluding hydrogens is 360 g/mol. The van der Waals surface area contributed by atoms with E-state index < -0.39 is 23.5 Å². The number of ether oxygens (including phenoxy) is 2. The quantitative estimate of drug-likeness (QED) is 0.722. The van der Waals surface area contributed by atoms with Crippen molar-refractivity contribution in [2.75, 3.05) is 7.11 Å². The molecule has 0 aromatic heterocycles. The standard InChI is InChI=1S/C21H30N2O5/c1-20(2,3)21(4,5)28-16-9-7-8-13-14(16)12-23(19(13)26)15(18(22)25)10-11-17(24)27-6/h7-9,15H,10-12H2,1-6H3,(H2,22,25). The second-order valence-electron chi connectivity index (χ2n) is 8.61. The Morgan fingerprint density at radius 2 is 1.86 bits per heavy atom. The van der Waals surface area contributed by atoms with Gasteiger partial charge in [0.1, 0.15) is 17.4 Å². The van der Waals surface area contributed by atoms with E-state index in [0.717, 1.165) is 5.56 Å². The summed E-state index contributed by atoms with van der Waals surface area (Å²) in [6.07, 6.45) is 0.121. The monoisotopic (exact) mass is 390 g/mol. The second kappa shape index (κ2) is 7.81. The number of amides is 2. The van der Waals surface area contributed by atoms with Gasteiger partial charge in [0.25, 0.3) is 5.91 Å². The van der Waals surface area contributed by atoms with E-state index in [1.807, 2.05) is 19.9 Å². The Hall–Kier alpha value is -2.57. The zero-order valence-corrected chi connectivity index (χ0v) is 17.5. The molecule has 154 valence electrons. The third-order valence-corrected chi connectivity index (χ3v) is 5.68. The Kier molecular flexibility index (Phi) is 6.06. The summed E-state index contributed by atoms with van der Waals surface area (Å²) in [5, 5.41) is 0. The van der Waals surface area contributed by atoms with Gasteiger partial charge in [-0.05, 0) is 32.4 Å². The summed E-state index contributed by atoms with van der Waals surface area (Å²) in [5.74, 6) is -0.777. The highest BCUT2D eigenvalue weighted by atomic mass is 16.5. The molecule has 1 unspecified atom stereocenters. The number of hydrogen-bond donors (Lipinski definition) is 1. The fourth-order valence-electron chi connectivity index (χ4n) is 2.91. The van der Waals surface area contributed by atoms with Gasteiger partial charge in [0.2, 0.25) is 5.91 Å². The average Bonchev–Trinajstić information content (AvgIpc) is 2.91. The molecule has 1 aromatic carbocycles. The first-order valence-corrected chi connectivity index (χ1v) is 9.37. The van der Waals surface area contributed by atoms with Crippen molar-refractivity contribution in [3.8, 4) is 5.75 Å². The molecule has 0 radical (unpaired) electrons. The SMILES string of the molecule is COC(=O)CCC(C(N)=O)N1Cc2c(OC(C)(C)C(C)(C)C)cccc2C1=O. The van der Waals surface area contributed by atoms with E-state index in [1.165, 1.54) is 12.0 Å². The summed E-state index contributed by atoms with van der Waals surface area (Å²) in [5.41, 5.74) is 6.13. The number of rotatable bonds is 7. The minimum atomic E-state index is -0.887. The van der Waals surface area contributed by atoms with Crippen molar-refractivity contribution < 1.29 is 23.9 Å². The van der Waals surface area contributed by atoms with Crippen LogP contribution in [0, 0.1) is 5.41 Å². The average molecular weight is 390 g/mol. The van der Waals surface area contributed by atoms with Crippen LogP contribution >= 0.6 is 0 Å². The number of benzene rings is 1. The van der Waals surface area contributed by atoms with Gasteiger partial charge in [-0.15, -0.1) is 0 Å². The van der Waals surface area contributed by atoms with Crippen molar-refractivity contribution in [1.29, 1.82) is 0 Å². The van der Waals surface area contributed by atoms with Crippen LogP contribution in [0.25, 0.3) is 0 Å². The summed E-state index contributed by atoms with van der Waals surface area (Å²) in [6.45, 7) is 10.5. The van der Waals surface area contributed by atoms with E-state index in [1.54, 1.807) is 12.1 Å². The van der Waals surface area contributed by atoms with Crippen molar-refractivity contribution in [3.63, 3.8) is 0 Å². The maximum atomic E-state index is 12.9. The van der Waals surface area contributed by atoms with E-state index in [4.69, 9.17) is 10.5 Å². The van der Waals surface area contributed by atoms with E-state index in [-0.39, 0.29) is 30.7 Å². The Bertz CT molecular complexity index is 779. The minimum absolute atomic E-state index is 0.00461. The molecular formula is C21H30N2O5. The first-order valence-electron chi connectivity index (χ1n) is 9.37. The largest absolute Gasteiger partial charge is 0.487 e. The number of methoxy groups -OCH3 is 1. The van der Waals surface area contributed by atoms with Crippen LogP contribution in [0.5, 0.6) is 5.75 Å². The molecule has 0 bridgehead atoms. The van der Waals surface area contributed by atoms with Gasteiger partial charge in [0.15, 0.2) is 0 Å². The third-order valence-electron chi connectivity index (χ3n) is 5.68. The molecule has 0 fully saturated rings. The molecule has 0 aliphatic carbocycles. The summed E-state index contributed by atoms with van der Waals surface area (Å²) in [6, 6.07) is 4.42. The van der Waals surface area contributed by atoms with Crippen LogP contribution in [0.4, 0.5) is 0 Å². The van der Waals surface area contributed by atoms with Crippen molar-refractivity contribution in [3.05, 3.63) is 29.3 Å². The lowest BCUT2D eigenvalue weighted by molar-refractivity contribution is -0.141. The number of carbonyl (C=O) groups is 3. The molecule has 2 rings (SSSR count). The summed E-state index contributed by atoms with van der Waals surface area (Å²) < 4.78 is 10.9. The number of fused-ring (bicyclic) bond motifs is 1. The molecule has 0 saturated carbocycles. The van der Waals surface area contributed by atoms with Crippen molar-refractivity contribution in [2.24, 2.45) is 11.1 Å². The van der Waals surface area contributed by atoms with Gasteiger partial charge in [-0.2, -0.15) is 0 Å². The van der Waals surface area contributed by atoms with Gasteiger partial charge in [-0.1, -0.05) is 26.8 Å². The van der Waals surface area contributed by atoms with Gasteiger partial charge in [0, 0.05) is 23.0 Å². The Balaban J connectivity index is 2.31. The highest BCUT2D eigenvalue weighted by Crippen LogP contribution is 2.39. The lowest BCUT2D eigenvalue weighted by atomic mass is 9.79. The molecule has 28 heavy (non-hydrogen) atoms. The topological polar surface area (TPSA) is 98.9 Å². The summed E-state index contributed by atoms with van der Waals surface area (Å²) in [4.78, 5) is 37.8. The third kappa shape index (κ3) is 4.29. The number of nitrogens with zero attached hydrogens (tertiary/aromatic N) is 1.